The van der Waals surface area contributed by atoms with Crippen LogP contribution in [0.25, 0.3) is 11.1 Å². The Labute approximate surface area is 153 Å². The Hall–Kier alpha value is -2.91. The third kappa shape index (κ3) is 3.84. The summed E-state index contributed by atoms with van der Waals surface area (Å²) in [6.45, 7) is 3.38. The van der Waals surface area contributed by atoms with Crippen LogP contribution in [-0.2, 0) is 4.79 Å². The van der Waals surface area contributed by atoms with Crippen LogP contribution < -0.4 is 16.0 Å². The summed E-state index contributed by atoms with van der Waals surface area (Å²) < 4.78 is 0. The van der Waals surface area contributed by atoms with Gasteiger partial charge in [-0.1, -0.05) is 13.0 Å². The molecule has 0 bridgehead atoms. The highest BCUT2D eigenvalue weighted by atomic mass is 16.2. The van der Waals surface area contributed by atoms with Gasteiger partial charge in [0.1, 0.15) is 6.07 Å². The average molecular weight is 349 g/mol. The van der Waals surface area contributed by atoms with E-state index >= 15 is 0 Å². The number of carbonyl (C=O) groups is 1. The largest absolute Gasteiger partial charge is 0.368 e. The van der Waals surface area contributed by atoms with Crippen molar-refractivity contribution in [1.29, 1.82) is 5.26 Å². The molecular formula is C20H23N5O. The van der Waals surface area contributed by atoms with E-state index in [1.807, 2.05) is 37.3 Å². The fourth-order valence-corrected chi connectivity index (χ4v) is 3.22. The number of rotatable bonds is 5. The molecule has 134 valence electrons. The van der Waals surface area contributed by atoms with Gasteiger partial charge in [-0.25, -0.2) is 0 Å². The fraction of sp³-hybridized carbons (Fsp3) is 0.350. The van der Waals surface area contributed by atoms with Gasteiger partial charge in [-0.15, -0.1) is 0 Å². The normalized spacial score (nSPS) is 17.6. The molecular weight excluding hydrogens is 326 g/mol. The highest BCUT2D eigenvalue weighted by molar-refractivity contribution is 5.82. The van der Waals surface area contributed by atoms with Crippen LogP contribution in [0, 0.1) is 11.3 Å². The molecule has 0 radical (unpaired) electrons. The van der Waals surface area contributed by atoms with Crippen LogP contribution in [0.5, 0.6) is 0 Å². The van der Waals surface area contributed by atoms with Gasteiger partial charge in [0.15, 0.2) is 0 Å². The van der Waals surface area contributed by atoms with Crippen molar-refractivity contribution in [3.8, 4) is 17.2 Å². The summed E-state index contributed by atoms with van der Waals surface area (Å²) >= 11 is 0. The van der Waals surface area contributed by atoms with Gasteiger partial charge in [0, 0.05) is 31.5 Å². The van der Waals surface area contributed by atoms with Crippen molar-refractivity contribution >= 4 is 11.6 Å². The molecule has 1 aliphatic heterocycles. The molecule has 1 saturated heterocycles. The summed E-state index contributed by atoms with van der Waals surface area (Å²) in [6.07, 6.45) is 4.95. The van der Waals surface area contributed by atoms with Crippen LogP contribution in [0.15, 0.2) is 42.7 Å². The first-order chi connectivity index (χ1) is 12.6. The number of nitriles is 1. The zero-order valence-electron chi connectivity index (χ0n) is 14.9. The Morgan fingerprint density at radius 1 is 1.38 bits per heavy atom. The molecule has 1 amide bonds. The molecule has 1 fully saturated rings. The first kappa shape index (κ1) is 17.9. The number of nitrogens with one attached hydrogen (secondary N) is 1. The monoisotopic (exact) mass is 349 g/mol. The Kier molecular flexibility index (Phi) is 5.49. The lowest BCUT2D eigenvalue weighted by Crippen LogP contribution is -2.46. The van der Waals surface area contributed by atoms with Crippen molar-refractivity contribution in [1.82, 2.24) is 10.3 Å². The molecule has 0 unspecified atom stereocenters. The molecule has 2 atom stereocenters. The van der Waals surface area contributed by atoms with Gasteiger partial charge in [0.05, 0.1) is 17.3 Å². The Balaban J connectivity index is 1.74. The summed E-state index contributed by atoms with van der Waals surface area (Å²) in [4.78, 5) is 18.2. The number of hydrogen-bond donors (Lipinski definition) is 2. The Bertz CT molecular complexity index is 815. The van der Waals surface area contributed by atoms with Crippen LogP contribution >= 0.6 is 0 Å². The van der Waals surface area contributed by atoms with Gasteiger partial charge >= 0.3 is 0 Å². The fourth-order valence-electron chi connectivity index (χ4n) is 3.22. The highest BCUT2D eigenvalue weighted by Gasteiger charge is 2.26. The molecule has 3 rings (SSSR count). The molecule has 0 saturated carbocycles. The predicted octanol–water partition coefficient (Wildman–Crippen LogP) is 2.05. The molecule has 3 N–H and O–H groups in total. The van der Waals surface area contributed by atoms with Crippen LogP contribution in [0.3, 0.4) is 0 Å². The number of amides is 1. The van der Waals surface area contributed by atoms with E-state index in [2.05, 4.69) is 21.3 Å². The van der Waals surface area contributed by atoms with Crippen LogP contribution in [0.2, 0.25) is 0 Å². The molecule has 2 aromatic rings. The summed E-state index contributed by atoms with van der Waals surface area (Å²) in [5.41, 5.74) is 9.35. The van der Waals surface area contributed by atoms with E-state index in [0.29, 0.717) is 18.5 Å². The van der Waals surface area contributed by atoms with E-state index in [1.54, 1.807) is 12.4 Å². The minimum absolute atomic E-state index is 0.0616. The SMILES string of the molecule is CC[C@H](N)C(=O)N[C@H]1CCN(c2ccc(-c3ccncc3)cc2C#N)C1. The second kappa shape index (κ2) is 7.98. The maximum absolute atomic E-state index is 12.0. The predicted molar refractivity (Wildman–Crippen MR) is 101 cm³/mol. The minimum Gasteiger partial charge on any atom is -0.368 e. The van der Waals surface area contributed by atoms with E-state index in [9.17, 15) is 10.1 Å². The number of hydrogen-bond acceptors (Lipinski definition) is 5. The number of pyridine rings is 1. The third-order valence-corrected chi connectivity index (χ3v) is 4.78. The van der Waals surface area contributed by atoms with Crippen molar-refractivity contribution < 1.29 is 4.79 Å². The molecule has 0 aliphatic carbocycles. The molecule has 6 nitrogen and oxygen atoms in total. The molecule has 2 heterocycles. The average Bonchev–Trinajstić information content (AvgIpc) is 3.15. The number of carbonyl (C=O) groups excluding carboxylic acids is 1. The van der Waals surface area contributed by atoms with Crippen molar-refractivity contribution in [2.24, 2.45) is 5.73 Å². The Morgan fingerprint density at radius 2 is 2.15 bits per heavy atom. The summed E-state index contributed by atoms with van der Waals surface area (Å²) in [6, 6.07) is 11.7. The minimum atomic E-state index is -0.460. The van der Waals surface area contributed by atoms with Crippen molar-refractivity contribution in [2.75, 3.05) is 18.0 Å². The Morgan fingerprint density at radius 3 is 2.85 bits per heavy atom. The number of benzene rings is 1. The van der Waals surface area contributed by atoms with E-state index < -0.39 is 6.04 Å². The second-order valence-electron chi connectivity index (χ2n) is 6.53. The lowest BCUT2D eigenvalue weighted by Gasteiger charge is -2.21. The van der Waals surface area contributed by atoms with Gasteiger partial charge in [0.25, 0.3) is 0 Å². The first-order valence-corrected chi connectivity index (χ1v) is 8.87. The van der Waals surface area contributed by atoms with E-state index in [1.165, 1.54) is 0 Å². The number of anilines is 1. The molecule has 1 aromatic carbocycles. The molecule has 6 heteroatoms. The zero-order valence-corrected chi connectivity index (χ0v) is 14.9. The van der Waals surface area contributed by atoms with E-state index in [-0.39, 0.29) is 11.9 Å². The van der Waals surface area contributed by atoms with Crippen LogP contribution in [0.1, 0.15) is 25.3 Å². The molecule has 26 heavy (non-hydrogen) atoms. The lowest BCUT2D eigenvalue weighted by atomic mass is 10.0. The molecule has 1 aliphatic rings. The lowest BCUT2D eigenvalue weighted by molar-refractivity contribution is -0.123. The van der Waals surface area contributed by atoms with Crippen molar-refractivity contribution in [3.05, 3.63) is 48.3 Å². The smallest absolute Gasteiger partial charge is 0.237 e. The zero-order chi connectivity index (χ0) is 18.5. The second-order valence-corrected chi connectivity index (χ2v) is 6.53. The maximum atomic E-state index is 12.0. The first-order valence-electron chi connectivity index (χ1n) is 8.87. The van der Waals surface area contributed by atoms with Crippen molar-refractivity contribution in [2.45, 2.75) is 31.8 Å². The highest BCUT2D eigenvalue weighted by Crippen LogP contribution is 2.29. The van der Waals surface area contributed by atoms with Gasteiger partial charge in [-0.3, -0.25) is 9.78 Å². The standard InChI is InChI=1S/C20H23N5O/c1-2-18(22)20(26)24-17-7-10-25(13-17)19-4-3-15(11-16(19)12-21)14-5-8-23-9-6-14/h3-6,8-9,11,17-18H,2,7,10,13,22H2,1H3,(H,24,26)/t17-,18-/m0/s1. The molecule has 0 spiro atoms. The summed E-state index contributed by atoms with van der Waals surface area (Å²) in [7, 11) is 0. The van der Waals surface area contributed by atoms with Crippen LogP contribution in [0.4, 0.5) is 5.69 Å². The summed E-state index contributed by atoms with van der Waals surface area (Å²) in [5.74, 6) is -0.104. The van der Waals surface area contributed by atoms with Gasteiger partial charge < -0.3 is 16.0 Å². The van der Waals surface area contributed by atoms with E-state index in [0.717, 1.165) is 29.8 Å². The third-order valence-electron chi connectivity index (χ3n) is 4.78. The van der Waals surface area contributed by atoms with Gasteiger partial charge in [0.2, 0.25) is 5.91 Å². The number of nitrogens with zero attached hydrogens (tertiary/aromatic N) is 3. The summed E-state index contributed by atoms with van der Waals surface area (Å²) in [5, 5.41) is 12.6. The van der Waals surface area contributed by atoms with Gasteiger partial charge in [-0.05, 0) is 48.2 Å². The molecule has 1 aromatic heterocycles. The maximum Gasteiger partial charge on any atom is 0.237 e. The topological polar surface area (TPSA) is 95.0 Å². The van der Waals surface area contributed by atoms with Crippen LogP contribution in [-0.4, -0.2) is 36.1 Å². The quantitative estimate of drug-likeness (QED) is 0.861. The van der Waals surface area contributed by atoms with Gasteiger partial charge in [-0.2, -0.15) is 5.26 Å². The van der Waals surface area contributed by atoms with E-state index in [4.69, 9.17) is 5.73 Å². The van der Waals surface area contributed by atoms with Crippen molar-refractivity contribution in [3.63, 3.8) is 0 Å². The number of nitrogens with two attached hydrogens (primary N) is 1. The number of aromatic nitrogens is 1.